The third-order valence-corrected chi connectivity index (χ3v) is 2.02. The molecule has 0 aliphatic carbocycles. The Morgan fingerprint density at radius 1 is 1.62 bits per heavy atom. The van der Waals surface area contributed by atoms with E-state index in [-0.39, 0.29) is 6.10 Å². The minimum atomic E-state index is 0.189. The predicted molar refractivity (Wildman–Crippen MR) is 53.8 cm³/mol. The Morgan fingerprint density at radius 2 is 2.31 bits per heavy atom. The Labute approximate surface area is 78.9 Å². The third kappa shape index (κ3) is 2.61. The van der Waals surface area contributed by atoms with E-state index < -0.39 is 0 Å². The summed E-state index contributed by atoms with van der Waals surface area (Å²) in [6, 6.07) is 1.77. The van der Waals surface area contributed by atoms with Gasteiger partial charge in [-0.15, -0.1) is 0 Å². The van der Waals surface area contributed by atoms with Crippen LogP contribution < -0.4 is 10.5 Å². The summed E-state index contributed by atoms with van der Waals surface area (Å²) in [5, 5.41) is 0. The number of rotatable bonds is 3. The van der Waals surface area contributed by atoms with Gasteiger partial charge in [-0.3, -0.25) is 0 Å². The molecule has 3 nitrogen and oxygen atoms in total. The fraction of sp³-hybridized carbons (Fsp3) is 0.500. The standard InChI is InChI=1S/C10H16N2O/c1-4-8(3)13-10-5-9(11)7(2)6-12-10/h5-6,8H,4H2,1-3H3,(H2,11,12). The molecule has 2 N–H and O–H groups in total. The van der Waals surface area contributed by atoms with Crippen molar-refractivity contribution in [2.24, 2.45) is 0 Å². The van der Waals surface area contributed by atoms with Crippen molar-refractivity contribution in [3.05, 3.63) is 17.8 Å². The van der Waals surface area contributed by atoms with E-state index in [4.69, 9.17) is 10.5 Å². The summed E-state index contributed by atoms with van der Waals surface area (Å²) in [5.41, 5.74) is 7.43. The second-order valence-corrected chi connectivity index (χ2v) is 3.22. The van der Waals surface area contributed by atoms with Gasteiger partial charge < -0.3 is 10.5 Å². The third-order valence-electron chi connectivity index (χ3n) is 2.02. The number of aryl methyl sites for hydroxylation is 1. The van der Waals surface area contributed by atoms with E-state index in [0.717, 1.165) is 17.7 Å². The first-order valence-electron chi connectivity index (χ1n) is 4.52. The van der Waals surface area contributed by atoms with Gasteiger partial charge in [-0.05, 0) is 25.8 Å². The van der Waals surface area contributed by atoms with Crippen LogP contribution in [0.3, 0.4) is 0 Å². The number of hydrogen-bond acceptors (Lipinski definition) is 3. The Morgan fingerprint density at radius 3 is 2.85 bits per heavy atom. The van der Waals surface area contributed by atoms with Gasteiger partial charge in [-0.2, -0.15) is 0 Å². The van der Waals surface area contributed by atoms with Crippen LogP contribution in [0.25, 0.3) is 0 Å². The maximum absolute atomic E-state index is 5.72. The highest BCUT2D eigenvalue weighted by Crippen LogP contribution is 2.16. The monoisotopic (exact) mass is 180 g/mol. The lowest BCUT2D eigenvalue weighted by atomic mass is 10.2. The molecule has 0 bridgehead atoms. The maximum atomic E-state index is 5.72. The van der Waals surface area contributed by atoms with Gasteiger partial charge in [0, 0.05) is 18.0 Å². The molecule has 3 heteroatoms. The zero-order chi connectivity index (χ0) is 9.84. The zero-order valence-electron chi connectivity index (χ0n) is 8.37. The smallest absolute Gasteiger partial charge is 0.215 e. The van der Waals surface area contributed by atoms with E-state index in [2.05, 4.69) is 11.9 Å². The first-order valence-corrected chi connectivity index (χ1v) is 4.52. The largest absolute Gasteiger partial charge is 0.475 e. The molecule has 1 rings (SSSR count). The summed E-state index contributed by atoms with van der Waals surface area (Å²) in [6.45, 7) is 6.01. The normalized spacial score (nSPS) is 12.5. The second-order valence-electron chi connectivity index (χ2n) is 3.22. The predicted octanol–water partition coefficient (Wildman–Crippen LogP) is 2.15. The minimum absolute atomic E-state index is 0.189. The lowest BCUT2D eigenvalue weighted by molar-refractivity contribution is 0.209. The van der Waals surface area contributed by atoms with Crippen molar-refractivity contribution in [3.8, 4) is 5.88 Å². The SMILES string of the molecule is CCC(C)Oc1cc(N)c(C)cn1. The number of nitrogens with zero attached hydrogens (tertiary/aromatic N) is 1. The quantitative estimate of drug-likeness (QED) is 0.775. The Hall–Kier alpha value is -1.25. The van der Waals surface area contributed by atoms with E-state index in [0.29, 0.717) is 5.88 Å². The average molecular weight is 180 g/mol. The van der Waals surface area contributed by atoms with Crippen LogP contribution in [0, 0.1) is 6.92 Å². The Balaban J connectivity index is 2.73. The Bertz CT molecular complexity index is 286. The molecule has 0 saturated heterocycles. The maximum Gasteiger partial charge on any atom is 0.215 e. The summed E-state index contributed by atoms with van der Waals surface area (Å²) in [4.78, 5) is 4.12. The molecule has 1 aromatic heterocycles. The molecule has 72 valence electrons. The number of anilines is 1. The Kier molecular flexibility index (Phi) is 3.12. The molecule has 1 heterocycles. The van der Waals surface area contributed by atoms with Crippen molar-refractivity contribution < 1.29 is 4.74 Å². The summed E-state index contributed by atoms with van der Waals surface area (Å²) in [5.74, 6) is 0.609. The molecule has 1 unspecified atom stereocenters. The van der Waals surface area contributed by atoms with Crippen LogP contribution in [0.4, 0.5) is 5.69 Å². The lowest BCUT2D eigenvalue weighted by Crippen LogP contribution is -2.11. The fourth-order valence-electron chi connectivity index (χ4n) is 0.873. The van der Waals surface area contributed by atoms with Gasteiger partial charge in [-0.25, -0.2) is 4.98 Å². The average Bonchev–Trinajstić information content (AvgIpc) is 2.11. The van der Waals surface area contributed by atoms with Crippen LogP contribution in [0.2, 0.25) is 0 Å². The minimum Gasteiger partial charge on any atom is -0.475 e. The van der Waals surface area contributed by atoms with Crippen LogP contribution in [0.5, 0.6) is 5.88 Å². The molecular weight excluding hydrogens is 164 g/mol. The molecule has 1 aromatic rings. The molecule has 0 aliphatic heterocycles. The van der Waals surface area contributed by atoms with Crippen molar-refractivity contribution in [2.75, 3.05) is 5.73 Å². The summed E-state index contributed by atoms with van der Waals surface area (Å²) < 4.78 is 5.51. The number of nitrogens with two attached hydrogens (primary N) is 1. The van der Waals surface area contributed by atoms with Gasteiger partial charge in [0.05, 0.1) is 6.10 Å². The highest BCUT2D eigenvalue weighted by Gasteiger charge is 2.03. The van der Waals surface area contributed by atoms with Gasteiger partial charge in [0.25, 0.3) is 0 Å². The first kappa shape index (κ1) is 9.84. The highest BCUT2D eigenvalue weighted by atomic mass is 16.5. The molecule has 0 amide bonds. The van der Waals surface area contributed by atoms with Gasteiger partial charge in [0.2, 0.25) is 5.88 Å². The molecule has 0 aliphatic rings. The van der Waals surface area contributed by atoms with Crippen LogP contribution in [-0.4, -0.2) is 11.1 Å². The van der Waals surface area contributed by atoms with Crippen LogP contribution >= 0.6 is 0 Å². The summed E-state index contributed by atoms with van der Waals surface area (Å²) in [6.07, 6.45) is 2.89. The molecule has 0 fully saturated rings. The molecule has 1 atom stereocenters. The topological polar surface area (TPSA) is 48.1 Å². The first-order chi connectivity index (χ1) is 6.13. The van der Waals surface area contributed by atoms with Crippen LogP contribution in [0.15, 0.2) is 12.3 Å². The van der Waals surface area contributed by atoms with E-state index in [1.807, 2.05) is 13.8 Å². The van der Waals surface area contributed by atoms with Crippen LogP contribution in [0.1, 0.15) is 25.8 Å². The van der Waals surface area contributed by atoms with Crippen LogP contribution in [-0.2, 0) is 0 Å². The number of ether oxygens (including phenoxy) is 1. The molecular formula is C10H16N2O. The van der Waals surface area contributed by atoms with Gasteiger partial charge in [-0.1, -0.05) is 6.92 Å². The second kappa shape index (κ2) is 4.12. The van der Waals surface area contributed by atoms with Gasteiger partial charge in [0.1, 0.15) is 0 Å². The zero-order valence-corrected chi connectivity index (χ0v) is 8.37. The van der Waals surface area contributed by atoms with Crippen molar-refractivity contribution in [1.29, 1.82) is 0 Å². The van der Waals surface area contributed by atoms with Crippen molar-refractivity contribution in [2.45, 2.75) is 33.3 Å². The number of aromatic nitrogens is 1. The molecule has 0 radical (unpaired) electrons. The summed E-state index contributed by atoms with van der Waals surface area (Å²) in [7, 11) is 0. The van der Waals surface area contributed by atoms with E-state index in [1.54, 1.807) is 12.3 Å². The molecule has 0 saturated carbocycles. The number of nitrogen functional groups attached to an aromatic ring is 1. The number of pyridine rings is 1. The van der Waals surface area contributed by atoms with E-state index in [1.165, 1.54) is 0 Å². The summed E-state index contributed by atoms with van der Waals surface area (Å²) >= 11 is 0. The fourth-order valence-corrected chi connectivity index (χ4v) is 0.873. The van der Waals surface area contributed by atoms with Crippen molar-refractivity contribution in [3.63, 3.8) is 0 Å². The van der Waals surface area contributed by atoms with Gasteiger partial charge in [0.15, 0.2) is 0 Å². The van der Waals surface area contributed by atoms with Gasteiger partial charge >= 0.3 is 0 Å². The highest BCUT2D eigenvalue weighted by molar-refractivity contribution is 5.47. The number of hydrogen-bond donors (Lipinski definition) is 1. The van der Waals surface area contributed by atoms with Crippen molar-refractivity contribution >= 4 is 5.69 Å². The van der Waals surface area contributed by atoms with E-state index >= 15 is 0 Å². The lowest BCUT2D eigenvalue weighted by Gasteiger charge is -2.12. The van der Waals surface area contributed by atoms with Crippen molar-refractivity contribution in [1.82, 2.24) is 4.98 Å². The van der Waals surface area contributed by atoms with E-state index in [9.17, 15) is 0 Å². The molecule has 0 spiro atoms. The molecule has 13 heavy (non-hydrogen) atoms. The molecule has 0 aromatic carbocycles.